The summed E-state index contributed by atoms with van der Waals surface area (Å²) in [6.07, 6.45) is 9.42. The van der Waals surface area contributed by atoms with Gasteiger partial charge in [-0.05, 0) is 20.3 Å². The highest BCUT2D eigenvalue weighted by atomic mass is 16.5. The van der Waals surface area contributed by atoms with Gasteiger partial charge in [0.2, 0.25) is 0 Å². The molecule has 0 aromatic heterocycles. The third-order valence-electron chi connectivity index (χ3n) is 2.10. The van der Waals surface area contributed by atoms with Crippen molar-refractivity contribution in [1.29, 1.82) is 0 Å². The fraction of sp³-hybridized carbons (Fsp3) is 0.917. The van der Waals surface area contributed by atoms with E-state index >= 15 is 0 Å². The van der Waals surface area contributed by atoms with Gasteiger partial charge in [0.05, 0.1) is 6.10 Å². The first kappa shape index (κ1) is 13.0. The Morgan fingerprint density at radius 2 is 1.46 bits per heavy atom. The molecule has 1 heteroatoms. The van der Waals surface area contributed by atoms with Crippen LogP contribution >= 0.6 is 0 Å². The molecule has 0 aromatic carbocycles. The molecule has 0 amide bonds. The number of hydrogen-bond acceptors (Lipinski definition) is 1. The SMILES string of the molecule is [CH2]CCCCCCCCOC(C)C. The largest absolute Gasteiger partial charge is 0.379 e. The van der Waals surface area contributed by atoms with Gasteiger partial charge in [-0.15, -0.1) is 0 Å². The van der Waals surface area contributed by atoms with E-state index in [4.69, 9.17) is 4.74 Å². The molecule has 0 aliphatic heterocycles. The number of ether oxygens (including phenoxy) is 1. The normalized spacial score (nSPS) is 11.1. The Labute approximate surface area is 83.9 Å². The van der Waals surface area contributed by atoms with Gasteiger partial charge in [0.1, 0.15) is 0 Å². The molecule has 0 atom stereocenters. The van der Waals surface area contributed by atoms with Crippen molar-refractivity contribution in [2.75, 3.05) is 6.61 Å². The summed E-state index contributed by atoms with van der Waals surface area (Å²) in [4.78, 5) is 0. The molecule has 0 heterocycles. The molecule has 0 aliphatic carbocycles. The topological polar surface area (TPSA) is 9.23 Å². The van der Waals surface area contributed by atoms with Crippen LogP contribution in [-0.2, 0) is 4.74 Å². The van der Waals surface area contributed by atoms with Crippen LogP contribution in [-0.4, -0.2) is 12.7 Å². The van der Waals surface area contributed by atoms with Gasteiger partial charge >= 0.3 is 0 Å². The summed E-state index contributed by atoms with van der Waals surface area (Å²) in [6, 6.07) is 0. The van der Waals surface area contributed by atoms with Crippen molar-refractivity contribution in [2.24, 2.45) is 0 Å². The summed E-state index contributed by atoms with van der Waals surface area (Å²) >= 11 is 0. The minimum absolute atomic E-state index is 0.395. The average molecular weight is 185 g/mol. The number of rotatable bonds is 9. The molecule has 0 saturated heterocycles. The fourth-order valence-electron chi connectivity index (χ4n) is 1.30. The predicted molar refractivity (Wildman–Crippen MR) is 58.8 cm³/mol. The molecule has 0 spiro atoms. The van der Waals surface area contributed by atoms with Gasteiger partial charge < -0.3 is 4.74 Å². The molecule has 0 saturated carbocycles. The minimum atomic E-state index is 0.395. The van der Waals surface area contributed by atoms with E-state index in [0.717, 1.165) is 13.0 Å². The smallest absolute Gasteiger partial charge is 0.0518 e. The van der Waals surface area contributed by atoms with Crippen LogP contribution in [0.5, 0.6) is 0 Å². The number of hydrogen-bond donors (Lipinski definition) is 0. The maximum absolute atomic E-state index is 5.46. The number of unbranched alkanes of at least 4 members (excludes halogenated alkanes) is 6. The summed E-state index contributed by atoms with van der Waals surface area (Å²) in [5, 5.41) is 0. The Balaban J connectivity index is 2.84. The molecule has 0 N–H and O–H groups in total. The van der Waals surface area contributed by atoms with E-state index in [-0.39, 0.29) is 0 Å². The Morgan fingerprint density at radius 3 is 2.00 bits per heavy atom. The van der Waals surface area contributed by atoms with E-state index in [1.165, 1.54) is 38.5 Å². The summed E-state index contributed by atoms with van der Waals surface area (Å²) in [7, 11) is 0. The first-order valence-electron chi connectivity index (χ1n) is 5.68. The summed E-state index contributed by atoms with van der Waals surface area (Å²) < 4.78 is 5.46. The van der Waals surface area contributed by atoms with Gasteiger partial charge in [-0.3, -0.25) is 0 Å². The first-order chi connectivity index (χ1) is 6.27. The standard InChI is InChI=1S/C12H25O/c1-4-5-6-7-8-9-10-11-13-12(2)3/h12H,1,4-11H2,2-3H3. The second-order valence-electron chi connectivity index (χ2n) is 3.89. The third-order valence-corrected chi connectivity index (χ3v) is 2.10. The van der Waals surface area contributed by atoms with Crippen LogP contribution in [0.25, 0.3) is 0 Å². The van der Waals surface area contributed by atoms with E-state index in [1.807, 2.05) is 0 Å². The fourth-order valence-corrected chi connectivity index (χ4v) is 1.30. The summed E-state index contributed by atoms with van der Waals surface area (Å²) in [5.41, 5.74) is 0. The molecule has 79 valence electrons. The molecule has 1 radical (unpaired) electrons. The van der Waals surface area contributed by atoms with Crippen molar-refractivity contribution in [1.82, 2.24) is 0 Å². The van der Waals surface area contributed by atoms with Crippen LogP contribution in [0.4, 0.5) is 0 Å². The second-order valence-corrected chi connectivity index (χ2v) is 3.89. The molecule has 0 bridgehead atoms. The maximum atomic E-state index is 5.46. The Hall–Kier alpha value is -0.0400. The van der Waals surface area contributed by atoms with Crippen molar-refractivity contribution >= 4 is 0 Å². The molecule has 13 heavy (non-hydrogen) atoms. The van der Waals surface area contributed by atoms with E-state index < -0.39 is 0 Å². The maximum Gasteiger partial charge on any atom is 0.0518 e. The molecule has 0 unspecified atom stereocenters. The lowest BCUT2D eigenvalue weighted by Gasteiger charge is -2.06. The van der Waals surface area contributed by atoms with Crippen molar-refractivity contribution in [3.63, 3.8) is 0 Å². The van der Waals surface area contributed by atoms with Crippen molar-refractivity contribution in [2.45, 2.75) is 64.9 Å². The highest BCUT2D eigenvalue weighted by molar-refractivity contribution is 4.47. The van der Waals surface area contributed by atoms with Gasteiger partial charge in [0.15, 0.2) is 0 Å². The van der Waals surface area contributed by atoms with Crippen LogP contribution < -0.4 is 0 Å². The van der Waals surface area contributed by atoms with Gasteiger partial charge in [-0.2, -0.15) is 0 Å². The Morgan fingerprint density at radius 1 is 0.923 bits per heavy atom. The van der Waals surface area contributed by atoms with Crippen LogP contribution in [0.1, 0.15) is 58.8 Å². The zero-order chi connectivity index (χ0) is 9.94. The Kier molecular flexibility index (Phi) is 10.0. The van der Waals surface area contributed by atoms with Crippen molar-refractivity contribution in [3.05, 3.63) is 6.92 Å². The minimum Gasteiger partial charge on any atom is -0.379 e. The van der Waals surface area contributed by atoms with E-state index in [2.05, 4.69) is 20.8 Å². The molecular weight excluding hydrogens is 160 g/mol. The monoisotopic (exact) mass is 185 g/mol. The van der Waals surface area contributed by atoms with Gasteiger partial charge in [-0.1, -0.05) is 45.4 Å². The molecule has 0 aliphatic rings. The quantitative estimate of drug-likeness (QED) is 0.494. The van der Waals surface area contributed by atoms with Gasteiger partial charge in [0, 0.05) is 6.61 Å². The first-order valence-corrected chi connectivity index (χ1v) is 5.68. The predicted octanol–water partition coefficient (Wildman–Crippen LogP) is 3.98. The van der Waals surface area contributed by atoms with Crippen molar-refractivity contribution < 1.29 is 4.74 Å². The van der Waals surface area contributed by atoms with E-state index in [9.17, 15) is 0 Å². The van der Waals surface area contributed by atoms with Gasteiger partial charge in [-0.25, -0.2) is 0 Å². The molecule has 0 fully saturated rings. The Bertz CT molecular complexity index is 89.1. The molecule has 0 rings (SSSR count). The molecule has 0 aromatic rings. The summed E-state index contributed by atoms with van der Waals surface area (Å²) in [5.74, 6) is 0. The lowest BCUT2D eigenvalue weighted by Crippen LogP contribution is -2.03. The highest BCUT2D eigenvalue weighted by Gasteiger charge is 1.93. The van der Waals surface area contributed by atoms with Crippen LogP contribution in [0.15, 0.2) is 0 Å². The zero-order valence-corrected chi connectivity index (χ0v) is 9.35. The third kappa shape index (κ3) is 12.0. The molecule has 1 nitrogen and oxygen atoms in total. The lowest BCUT2D eigenvalue weighted by molar-refractivity contribution is 0.0757. The van der Waals surface area contributed by atoms with Crippen LogP contribution in [0.3, 0.4) is 0 Å². The highest BCUT2D eigenvalue weighted by Crippen LogP contribution is 2.06. The second kappa shape index (κ2) is 10.0. The van der Waals surface area contributed by atoms with E-state index in [1.54, 1.807) is 0 Å². The summed E-state index contributed by atoms with van der Waals surface area (Å²) in [6.45, 7) is 8.95. The van der Waals surface area contributed by atoms with Crippen LogP contribution in [0.2, 0.25) is 0 Å². The lowest BCUT2D eigenvalue weighted by atomic mass is 10.1. The molecular formula is C12H25O. The zero-order valence-electron chi connectivity index (χ0n) is 9.35. The van der Waals surface area contributed by atoms with Crippen LogP contribution in [0, 0.1) is 6.92 Å². The van der Waals surface area contributed by atoms with Gasteiger partial charge in [0.25, 0.3) is 0 Å². The van der Waals surface area contributed by atoms with Crippen molar-refractivity contribution in [3.8, 4) is 0 Å². The average Bonchev–Trinajstić information content (AvgIpc) is 2.09. The van der Waals surface area contributed by atoms with E-state index in [0.29, 0.717) is 6.10 Å².